The van der Waals surface area contributed by atoms with Gasteiger partial charge in [-0.25, -0.2) is 4.79 Å². The number of amides is 2. The van der Waals surface area contributed by atoms with Gasteiger partial charge in [-0.1, -0.05) is 25.5 Å². The lowest BCUT2D eigenvalue weighted by Gasteiger charge is -2.42. The Morgan fingerprint density at radius 2 is 1.96 bits per heavy atom. The van der Waals surface area contributed by atoms with Gasteiger partial charge in [-0.2, -0.15) is 0 Å². The Labute approximate surface area is 166 Å². The normalized spacial score (nSPS) is 20.6. The van der Waals surface area contributed by atoms with Crippen LogP contribution < -0.4 is 4.74 Å². The molecule has 0 spiro atoms. The number of carbonyl (C=O) groups is 3. The number of carboxylic acid groups (broad SMARTS) is 1. The van der Waals surface area contributed by atoms with Gasteiger partial charge in [0.2, 0.25) is 11.8 Å². The summed E-state index contributed by atoms with van der Waals surface area (Å²) in [5.74, 6) is -1.04. The molecule has 3 atom stereocenters. The molecule has 2 rings (SSSR count). The topological polar surface area (TPSA) is 87.2 Å². The van der Waals surface area contributed by atoms with Crippen molar-refractivity contribution in [1.29, 1.82) is 0 Å². The Bertz CT molecular complexity index is 703. The number of likely N-dealkylation sites (tertiary alicyclic amines) is 1. The molecule has 1 saturated heterocycles. The molecule has 0 aliphatic carbocycles. The van der Waals surface area contributed by atoms with E-state index in [1.165, 1.54) is 18.9 Å². The predicted octanol–water partition coefficient (Wildman–Crippen LogP) is 2.71. The number of rotatable bonds is 8. The van der Waals surface area contributed by atoms with Crippen molar-refractivity contribution in [3.8, 4) is 5.75 Å². The van der Waals surface area contributed by atoms with Crippen molar-refractivity contribution in [3.63, 3.8) is 0 Å². The molecule has 1 N–H and O–H groups in total. The standard InChI is InChI=1S/C21H30N2O5/c1-5-6-13-23-18(24)12-11-17(20(25)22(3)14(2)21(26)27)19(23)15-7-9-16(28-4)10-8-15/h7-10,14,17,19H,5-6,11-13H2,1-4H3,(H,26,27). The Kier molecular flexibility index (Phi) is 7.43. The fourth-order valence-corrected chi connectivity index (χ4v) is 3.63. The van der Waals surface area contributed by atoms with Crippen LogP contribution in [-0.4, -0.2) is 59.4 Å². The third kappa shape index (κ3) is 4.64. The highest BCUT2D eigenvalue weighted by Gasteiger charge is 2.42. The number of piperidine rings is 1. The number of likely N-dealkylation sites (N-methyl/N-ethyl adjacent to an activating group) is 1. The van der Waals surface area contributed by atoms with Crippen LogP contribution in [0.3, 0.4) is 0 Å². The van der Waals surface area contributed by atoms with Gasteiger partial charge >= 0.3 is 5.97 Å². The van der Waals surface area contributed by atoms with Crippen LogP contribution in [0.15, 0.2) is 24.3 Å². The zero-order chi connectivity index (χ0) is 20.8. The number of hydrogen-bond acceptors (Lipinski definition) is 4. The van der Waals surface area contributed by atoms with E-state index >= 15 is 0 Å². The van der Waals surface area contributed by atoms with Crippen molar-refractivity contribution in [1.82, 2.24) is 9.80 Å². The number of ether oxygens (including phenoxy) is 1. The molecule has 0 bridgehead atoms. The number of hydrogen-bond donors (Lipinski definition) is 1. The zero-order valence-corrected chi connectivity index (χ0v) is 17.1. The fourth-order valence-electron chi connectivity index (χ4n) is 3.63. The van der Waals surface area contributed by atoms with Crippen molar-refractivity contribution in [2.24, 2.45) is 5.92 Å². The first-order valence-corrected chi connectivity index (χ1v) is 9.74. The van der Waals surface area contributed by atoms with Crippen LogP contribution >= 0.6 is 0 Å². The van der Waals surface area contributed by atoms with E-state index in [4.69, 9.17) is 4.74 Å². The summed E-state index contributed by atoms with van der Waals surface area (Å²) in [4.78, 5) is 40.2. The predicted molar refractivity (Wildman–Crippen MR) is 105 cm³/mol. The highest BCUT2D eigenvalue weighted by molar-refractivity contribution is 5.88. The summed E-state index contributed by atoms with van der Waals surface area (Å²) >= 11 is 0. The summed E-state index contributed by atoms with van der Waals surface area (Å²) in [6.07, 6.45) is 2.49. The molecule has 1 aliphatic rings. The minimum Gasteiger partial charge on any atom is -0.497 e. The molecule has 1 aromatic carbocycles. The van der Waals surface area contributed by atoms with E-state index in [1.807, 2.05) is 24.3 Å². The van der Waals surface area contributed by atoms with Gasteiger partial charge in [-0.15, -0.1) is 0 Å². The molecule has 1 fully saturated rings. The van der Waals surface area contributed by atoms with E-state index in [1.54, 1.807) is 12.0 Å². The molecule has 0 aromatic heterocycles. The van der Waals surface area contributed by atoms with Crippen LogP contribution in [0, 0.1) is 5.92 Å². The lowest BCUT2D eigenvalue weighted by Crippen LogP contribution is -2.51. The molecule has 0 saturated carbocycles. The molecule has 2 amide bonds. The number of unbranched alkanes of at least 4 members (excludes halogenated alkanes) is 1. The Balaban J connectivity index is 2.40. The summed E-state index contributed by atoms with van der Waals surface area (Å²) in [6.45, 7) is 4.13. The smallest absolute Gasteiger partial charge is 0.326 e. The van der Waals surface area contributed by atoms with E-state index in [-0.39, 0.29) is 11.8 Å². The first-order chi connectivity index (χ1) is 13.3. The number of benzene rings is 1. The molecule has 1 aromatic rings. The van der Waals surface area contributed by atoms with Gasteiger partial charge in [0, 0.05) is 20.0 Å². The maximum Gasteiger partial charge on any atom is 0.326 e. The van der Waals surface area contributed by atoms with Crippen molar-refractivity contribution in [2.75, 3.05) is 20.7 Å². The van der Waals surface area contributed by atoms with Gasteiger partial charge in [0.15, 0.2) is 0 Å². The summed E-state index contributed by atoms with van der Waals surface area (Å²) in [6, 6.07) is 6.05. The first-order valence-electron chi connectivity index (χ1n) is 9.74. The van der Waals surface area contributed by atoms with Crippen LogP contribution in [0.4, 0.5) is 0 Å². The first kappa shape index (κ1) is 21.7. The van der Waals surface area contributed by atoms with Gasteiger partial charge in [0.1, 0.15) is 11.8 Å². The van der Waals surface area contributed by atoms with Crippen molar-refractivity contribution < 1.29 is 24.2 Å². The van der Waals surface area contributed by atoms with Crippen molar-refractivity contribution in [2.45, 2.75) is 51.6 Å². The quantitative estimate of drug-likeness (QED) is 0.737. The minimum atomic E-state index is -1.05. The van der Waals surface area contributed by atoms with E-state index in [9.17, 15) is 19.5 Å². The Morgan fingerprint density at radius 3 is 2.50 bits per heavy atom. The van der Waals surface area contributed by atoms with Gasteiger partial charge in [-0.05, 0) is 37.5 Å². The molecule has 1 heterocycles. The number of methoxy groups -OCH3 is 1. The SMILES string of the molecule is CCCCN1C(=O)CCC(C(=O)N(C)C(C)C(=O)O)C1c1ccc(OC)cc1. The number of carbonyl (C=O) groups excluding carboxylic acids is 2. The van der Waals surface area contributed by atoms with Crippen molar-refractivity contribution >= 4 is 17.8 Å². The van der Waals surface area contributed by atoms with Crippen LogP contribution in [0.2, 0.25) is 0 Å². The van der Waals surface area contributed by atoms with Gasteiger partial charge in [0.05, 0.1) is 19.1 Å². The van der Waals surface area contributed by atoms with Gasteiger partial charge in [-0.3, -0.25) is 9.59 Å². The second kappa shape index (κ2) is 9.57. The summed E-state index contributed by atoms with van der Waals surface area (Å²) in [5.41, 5.74) is 0.861. The largest absolute Gasteiger partial charge is 0.497 e. The number of aliphatic carboxylic acids is 1. The molecule has 0 radical (unpaired) electrons. The second-order valence-electron chi connectivity index (χ2n) is 7.27. The zero-order valence-electron chi connectivity index (χ0n) is 17.1. The summed E-state index contributed by atoms with van der Waals surface area (Å²) in [7, 11) is 3.10. The highest BCUT2D eigenvalue weighted by atomic mass is 16.5. The van der Waals surface area contributed by atoms with Crippen molar-refractivity contribution in [3.05, 3.63) is 29.8 Å². The molecule has 7 heteroatoms. The lowest BCUT2D eigenvalue weighted by atomic mass is 9.83. The molecule has 1 aliphatic heterocycles. The number of nitrogens with zero attached hydrogens (tertiary/aromatic N) is 2. The van der Waals surface area contributed by atoms with Crippen LogP contribution in [0.1, 0.15) is 51.1 Å². The summed E-state index contributed by atoms with van der Waals surface area (Å²) < 4.78 is 5.22. The van der Waals surface area contributed by atoms with Crippen LogP contribution in [0.5, 0.6) is 5.75 Å². The number of carboxylic acids is 1. The molecular formula is C21H30N2O5. The fraction of sp³-hybridized carbons (Fsp3) is 0.571. The maximum atomic E-state index is 13.2. The van der Waals surface area contributed by atoms with Crippen LogP contribution in [-0.2, 0) is 14.4 Å². The maximum absolute atomic E-state index is 13.2. The molecule has 3 unspecified atom stereocenters. The van der Waals surface area contributed by atoms with E-state index in [0.29, 0.717) is 25.1 Å². The second-order valence-corrected chi connectivity index (χ2v) is 7.27. The molecule has 28 heavy (non-hydrogen) atoms. The van der Waals surface area contributed by atoms with E-state index in [2.05, 4.69) is 6.92 Å². The molecular weight excluding hydrogens is 360 g/mol. The lowest BCUT2D eigenvalue weighted by molar-refractivity contribution is -0.155. The van der Waals surface area contributed by atoms with E-state index in [0.717, 1.165) is 18.4 Å². The third-order valence-electron chi connectivity index (χ3n) is 5.52. The molecule has 154 valence electrons. The summed E-state index contributed by atoms with van der Waals surface area (Å²) in [5, 5.41) is 9.28. The Hall–Kier alpha value is -2.57. The third-order valence-corrected chi connectivity index (χ3v) is 5.52. The Morgan fingerprint density at radius 1 is 1.32 bits per heavy atom. The van der Waals surface area contributed by atoms with Gasteiger partial charge < -0.3 is 19.6 Å². The highest BCUT2D eigenvalue weighted by Crippen LogP contribution is 2.38. The van der Waals surface area contributed by atoms with Gasteiger partial charge in [0.25, 0.3) is 0 Å². The average molecular weight is 390 g/mol. The average Bonchev–Trinajstić information content (AvgIpc) is 2.71. The van der Waals surface area contributed by atoms with Crippen LogP contribution in [0.25, 0.3) is 0 Å². The molecule has 7 nitrogen and oxygen atoms in total. The minimum absolute atomic E-state index is 0.0345. The van der Waals surface area contributed by atoms with E-state index < -0.39 is 24.0 Å². The monoisotopic (exact) mass is 390 g/mol.